The van der Waals surface area contributed by atoms with Crippen LogP contribution in [0.5, 0.6) is 0 Å². The SMILES string of the molecule is O=C1CC[C@@H](C(=O)N(Cc2ccncc2)Cc2ccco2)NC(=O)N1. The molecule has 1 aliphatic heterocycles. The van der Waals surface area contributed by atoms with Crippen molar-refractivity contribution in [2.75, 3.05) is 0 Å². The Hall–Kier alpha value is -3.16. The Morgan fingerprint density at radius 2 is 2.04 bits per heavy atom. The Morgan fingerprint density at radius 1 is 1.24 bits per heavy atom. The molecular formula is C17H18N4O4. The van der Waals surface area contributed by atoms with E-state index in [2.05, 4.69) is 15.6 Å². The van der Waals surface area contributed by atoms with Crippen molar-refractivity contribution in [3.05, 3.63) is 54.2 Å². The van der Waals surface area contributed by atoms with E-state index in [1.165, 1.54) is 0 Å². The first-order chi connectivity index (χ1) is 12.1. The molecule has 0 aromatic carbocycles. The number of rotatable bonds is 5. The van der Waals surface area contributed by atoms with Gasteiger partial charge in [0, 0.05) is 25.4 Å². The van der Waals surface area contributed by atoms with Crippen LogP contribution in [-0.2, 0) is 22.7 Å². The first-order valence-electron chi connectivity index (χ1n) is 7.92. The third-order valence-electron chi connectivity index (χ3n) is 3.88. The normalized spacial score (nSPS) is 17.4. The van der Waals surface area contributed by atoms with Crippen LogP contribution in [0.15, 0.2) is 47.3 Å². The van der Waals surface area contributed by atoms with Crippen LogP contribution in [0, 0.1) is 0 Å². The minimum absolute atomic E-state index is 0.110. The minimum atomic E-state index is -0.761. The smallest absolute Gasteiger partial charge is 0.322 e. The summed E-state index contributed by atoms with van der Waals surface area (Å²) in [5, 5.41) is 4.72. The zero-order valence-corrected chi connectivity index (χ0v) is 13.5. The molecule has 1 aliphatic rings. The standard InChI is InChI=1S/C17H18N4O4/c22-15-4-3-14(19-17(24)20-15)16(23)21(11-13-2-1-9-25-13)10-12-5-7-18-8-6-12/h1-2,5-9,14H,3-4,10-11H2,(H2,19,20,22,24)/t14-/m0/s1. The monoisotopic (exact) mass is 342 g/mol. The number of nitrogens with zero attached hydrogens (tertiary/aromatic N) is 2. The van der Waals surface area contributed by atoms with Gasteiger partial charge in [-0.1, -0.05) is 0 Å². The highest BCUT2D eigenvalue weighted by Gasteiger charge is 2.30. The average Bonchev–Trinajstić information content (AvgIpc) is 3.05. The maximum absolute atomic E-state index is 12.9. The van der Waals surface area contributed by atoms with Gasteiger partial charge in [-0.2, -0.15) is 0 Å². The number of imide groups is 1. The highest BCUT2D eigenvalue weighted by atomic mass is 16.3. The van der Waals surface area contributed by atoms with Gasteiger partial charge in [0.25, 0.3) is 0 Å². The molecule has 3 rings (SSSR count). The van der Waals surface area contributed by atoms with Gasteiger partial charge in [0.15, 0.2) is 0 Å². The Bertz CT molecular complexity index is 745. The molecule has 1 fully saturated rings. The molecule has 0 spiro atoms. The molecule has 0 radical (unpaired) electrons. The Balaban J connectivity index is 1.78. The number of amides is 4. The molecule has 1 atom stereocenters. The van der Waals surface area contributed by atoms with Gasteiger partial charge in [0.2, 0.25) is 11.8 Å². The highest BCUT2D eigenvalue weighted by Crippen LogP contribution is 2.14. The first-order valence-corrected chi connectivity index (χ1v) is 7.92. The topological polar surface area (TPSA) is 105 Å². The number of carbonyl (C=O) groups excluding carboxylic acids is 3. The second kappa shape index (κ2) is 7.61. The molecule has 2 aromatic heterocycles. The summed E-state index contributed by atoms with van der Waals surface area (Å²) in [5.41, 5.74) is 0.907. The lowest BCUT2D eigenvalue weighted by Crippen LogP contribution is -2.49. The molecule has 2 aromatic rings. The van der Waals surface area contributed by atoms with Gasteiger partial charge in [0.05, 0.1) is 12.8 Å². The molecule has 8 heteroatoms. The van der Waals surface area contributed by atoms with E-state index in [-0.39, 0.29) is 31.2 Å². The van der Waals surface area contributed by atoms with Crippen LogP contribution in [0.2, 0.25) is 0 Å². The van der Waals surface area contributed by atoms with Crippen molar-refractivity contribution >= 4 is 17.8 Å². The molecule has 25 heavy (non-hydrogen) atoms. The van der Waals surface area contributed by atoms with Gasteiger partial charge >= 0.3 is 6.03 Å². The number of hydrogen-bond acceptors (Lipinski definition) is 5. The number of urea groups is 1. The molecule has 3 heterocycles. The van der Waals surface area contributed by atoms with Crippen molar-refractivity contribution in [3.8, 4) is 0 Å². The van der Waals surface area contributed by atoms with Crippen molar-refractivity contribution in [3.63, 3.8) is 0 Å². The number of furan rings is 1. The van der Waals surface area contributed by atoms with Crippen LogP contribution >= 0.6 is 0 Å². The summed E-state index contributed by atoms with van der Waals surface area (Å²) in [6, 6.07) is 5.76. The second-order valence-corrected chi connectivity index (χ2v) is 5.74. The molecule has 2 N–H and O–H groups in total. The van der Waals surface area contributed by atoms with Crippen LogP contribution in [0.1, 0.15) is 24.2 Å². The summed E-state index contributed by atoms with van der Waals surface area (Å²) in [6.45, 7) is 0.609. The number of carbonyl (C=O) groups is 3. The number of nitrogens with one attached hydrogen (secondary N) is 2. The van der Waals surface area contributed by atoms with E-state index in [9.17, 15) is 14.4 Å². The van der Waals surface area contributed by atoms with E-state index in [1.54, 1.807) is 35.7 Å². The van der Waals surface area contributed by atoms with Gasteiger partial charge in [-0.05, 0) is 36.2 Å². The van der Waals surface area contributed by atoms with Gasteiger partial charge in [-0.3, -0.25) is 19.9 Å². The molecule has 0 aliphatic carbocycles. The lowest BCUT2D eigenvalue weighted by atomic mass is 10.1. The summed E-state index contributed by atoms with van der Waals surface area (Å²) >= 11 is 0. The van der Waals surface area contributed by atoms with E-state index in [0.717, 1.165) is 5.56 Å². The predicted octanol–water partition coefficient (Wildman–Crippen LogP) is 1.19. The summed E-state index contributed by atoms with van der Waals surface area (Å²) in [4.78, 5) is 41.6. The van der Waals surface area contributed by atoms with Crippen molar-refractivity contribution in [1.82, 2.24) is 20.5 Å². The quantitative estimate of drug-likeness (QED) is 0.849. The van der Waals surface area contributed by atoms with Crippen molar-refractivity contribution in [2.45, 2.75) is 32.0 Å². The van der Waals surface area contributed by atoms with E-state index < -0.39 is 12.1 Å². The predicted molar refractivity (Wildman–Crippen MR) is 86.9 cm³/mol. The zero-order chi connectivity index (χ0) is 17.6. The maximum Gasteiger partial charge on any atom is 0.322 e. The highest BCUT2D eigenvalue weighted by molar-refractivity contribution is 5.98. The van der Waals surface area contributed by atoms with E-state index >= 15 is 0 Å². The molecule has 1 saturated heterocycles. The second-order valence-electron chi connectivity index (χ2n) is 5.74. The molecule has 0 saturated carbocycles. The fourth-order valence-electron chi connectivity index (χ4n) is 2.65. The van der Waals surface area contributed by atoms with Crippen LogP contribution < -0.4 is 10.6 Å². The molecule has 4 amide bonds. The average molecular weight is 342 g/mol. The van der Waals surface area contributed by atoms with Crippen LogP contribution in [0.3, 0.4) is 0 Å². The van der Waals surface area contributed by atoms with Crippen LogP contribution in [0.25, 0.3) is 0 Å². The van der Waals surface area contributed by atoms with Gasteiger partial charge in [0.1, 0.15) is 11.8 Å². The molecule has 0 unspecified atom stereocenters. The summed E-state index contributed by atoms with van der Waals surface area (Å²) < 4.78 is 5.34. The Labute approximate surface area is 144 Å². The van der Waals surface area contributed by atoms with Gasteiger partial charge < -0.3 is 14.6 Å². The first kappa shape index (κ1) is 16.7. The molecule has 0 bridgehead atoms. The van der Waals surface area contributed by atoms with Gasteiger partial charge in [-0.15, -0.1) is 0 Å². The van der Waals surface area contributed by atoms with Crippen molar-refractivity contribution in [1.29, 1.82) is 0 Å². The summed E-state index contributed by atoms with van der Waals surface area (Å²) in [7, 11) is 0. The van der Waals surface area contributed by atoms with Crippen LogP contribution in [-0.4, -0.2) is 33.8 Å². The van der Waals surface area contributed by atoms with E-state index in [4.69, 9.17) is 4.42 Å². The third kappa shape index (κ3) is 4.43. The summed E-state index contributed by atoms with van der Waals surface area (Å²) in [6.07, 6.45) is 5.21. The number of aromatic nitrogens is 1. The van der Waals surface area contributed by atoms with E-state index in [1.807, 2.05) is 12.1 Å². The summed E-state index contributed by atoms with van der Waals surface area (Å²) in [5.74, 6) is -0.0193. The fraction of sp³-hybridized carbons (Fsp3) is 0.294. The molecule has 130 valence electrons. The van der Waals surface area contributed by atoms with E-state index in [0.29, 0.717) is 12.3 Å². The maximum atomic E-state index is 12.9. The largest absolute Gasteiger partial charge is 0.467 e. The zero-order valence-electron chi connectivity index (χ0n) is 13.5. The number of hydrogen-bond donors (Lipinski definition) is 2. The number of pyridine rings is 1. The minimum Gasteiger partial charge on any atom is -0.467 e. The van der Waals surface area contributed by atoms with Crippen molar-refractivity contribution < 1.29 is 18.8 Å². The Morgan fingerprint density at radius 3 is 2.76 bits per heavy atom. The van der Waals surface area contributed by atoms with Crippen LogP contribution in [0.4, 0.5) is 4.79 Å². The lowest BCUT2D eigenvalue weighted by Gasteiger charge is -2.26. The fourth-order valence-corrected chi connectivity index (χ4v) is 2.65. The molecule has 8 nitrogen and oxygen atoms in total. The Kier molecular flexibility index (Phi) is 5.08. The van der Waals surface area contributed by atoms with Crippen molar-refractivity contribution in [2.24, 2.45) is 0 Å². The van der Waals surface area contributed by atoms with Gasteiger partial charge in [-0.25, -0.2) is 4.79 Å². The third-order valence-corrected chi connectivity index (χ3v) is 3.88. The lowest BCUT2D eigenvalue weighted by molar-refractivity contribution is -0.134. The molecular weight excluding hydrogens is 324 g/mol.